The van der Waals surface area contributed by atoms with Gasteiger partial charge in [0.05, 0.1) is 18.9 Å². The number of likely N-dealkylation sites (tertiary alicyclic amines) is 1. The highest BCUT2D eigenvalue weighted by molar-refractivity contribution is 5.81. The quantitative estimate of drug-likeness (QED) is 0.831. The molecule has 1 fully saturated rings. The van der Waals surface area contributed by atoms with Gasteiger partial charge >= 0.3 is 0 Å². The number of rotatable bonds is 4. The number of amides is 1. The summed E-state index contributed by atoms with van der Waals surface area (Å²) >= 11 is 0. The Morgan fingerprint density at radius 2 is 1.93 bits per heavy atom. The van der Waals surface area contributed by atoms with Gasteiger partial charge in [-0.05, 0) is 42.9 Å². The number of nitrogens with zero attached hydrogens (tertiary/aromatic N) is 3. The maximum atomic E-state index is 12.8. The van der Waals surface area contributed by atoms with E-state index < -0.39 is 0 Å². The summed E-state index contributed by atoms with van der Waals surface area (Å²) in [5, 5.41) is 8.04. The molecule has 0 radical (unpaired) electrons. The number of hydrogen-bond acceptors (Lipinski definition) is 5. The van der Waals surface area contributed by atoms with Crippen LogP contribution in [0, 0.1) is 12.8 Å². The van der Waals surface area contributed by atoms with E-state index in [9.17, 15) is 4.79 Å². The smallest absolute Gasteiger partial charge is 0.252 e. The minimum absolute atomic E-state index is 0.119. The second-order valence-electron chi connectivity index (χ2n) is 7.37. The Bertz CT molecular complexity index is 786. The Morgan fingerprint density at radius 3 is 2.67 bits per heavy atom. The molecule has 0 N–H and O–H groups in total. The molecule has 142 valence electrons. The molecular weight excluding hydrogens is 342 g/mol. The first-order valence-corrected chi connectivity index (χ1v) is 9.59. The van der Waals surface area contributed by atoms with E-state index in [4.69, 9.17) is 9.47 Å². The lowest BCUT2D eigenvalue weighted by atomic mass is 9.95. The fraction of sp³-hybridized carbons (Fsp3) is 0.476. The molecule has 1 saturated heterocycles. The fourth-order valence-corrected chi connectivity index (χ4v) is 3.70. The van der Waals surface area contributed by atoms with Gasteiger partial charge in [0.15, 0.2) is 0 Å². The summed E-state index contributed by atoms with van der Waals surface area (Å²) in [6.07, 6.45) is 2.20. The van der Waals surface area contributed by atoms with Crippen LogP contribution in [0.1, 0.15) is 29.7 Å². The molecule has 1 aromatic heterocycles. The molecule has 6 nitrogen and oxygen atoms in total. The van der Waals surface area contributed by atoms with E-state index >= 15 is 0 Å². The molecule has 2 aromatic rings. The molecule has 2 aliphatic heterocycles. The zero-order chi connectivity index (χ0) is 18.6. The van der Waals surface area contributed by atoms with Crippen LogP contribution in [0.25, 0.3) is 0 Å². The first-order valence-electron chi connectivity index (χ1n) is 9.59. The van der Waals surface area contributed by atoms with Crippen molar-refractivity contribution >= 4 is 5.91 Å². The molecule has 1 amide bonds. The topological polar surface area (TPSA) is 64.5 Å². The van der Waals surface area contributed by atoms with Crippen LogP contribution in [0.4, 0.5) is 0 Å². The van der Waals surface area contributed by atoms with Crippen molar-refractivity contribution < 1.29 is 14.3 Å². The lowest BCUT2D eigenvalue weighted by molar-refractivity contribution is -0.147. The van der Waals surface area contributed by atoms with Crippen molar-refractivity contribution in [2.24, 2.45) is 5.92 Å². The summed E-state index contributed by atoms with van der Waals surface area (Å²) in [6.45, 7) is 4.56. The van der Waals surface area contributed by atoms with E-state index in [-0.39, 0.29) is 12.0 Å². The third kappa shape index (κ3) is 4.27. The van der Waals surface area contributed by atoms with E-state index in [0.717, 1.165) is 31.6 Å². The van der Waals surface area contributed by atoms with Crippen LogP contribution >= 0.6 is 0 Å². The van der Waals surface area contributed by atoms with Crippen molar-refractivity contribution in [3.8, 4) is 5.88 Å². The van der Waals surface area contributed by atoms with Gasteiger partial charge in [0.1, 0.15) is 6.10 Å². The van der Waals surface area contributed by atoms with Gasteiger partial charge in [-0.1, -0.05) is 24.3 Å². The zero-order valence-electron chi connectivity index (χ0n) is 15.6. The van der Waals surface area contributed by atoms with Crippen LogP contribution < -0.4 is 4.74 Å². The number of aryl methyl sites for hydroxylation is 1. The molecule has 1 unspecified atom stereocenters. The Morgan fingerprint density at radius 1 is 1.15 bits per heavy atom. The van der Waals surface area contributed by atoms with E-state index in [1.165, 1.54) is 11.1 Å². The van der Waals surface area contributed by atoms with Crippen LogP contribution in [-0.2, 0) is 22.6 Å². The van der Waals surface area contributed by atoms with Gasteiger partial charge in [0, 0.05) is 25.6 Å². The van der Waals surface area contributed by atoms with Gasteiger partial charge in [-0.15, -0.1) is 5.10 Å². The standard InChI is InChI=1S/C21H25N3O3/c1-15-6-7-20(23-22-15)27-13-16-8-10-24(11-9-16)21(25)19-12-17-4-2-3-5-18(17)14-26-19/h2-7,16,19H,8-14H2,1H3. The zero-order valence-corrected chi connectivity index (χ0v) is 15.6. The molecule has 6 heteroatoms. The molecule has 0 bridgehead atoms. The van der Waals surface area contributed by atoms with Crippen LogP contribution in [0.2, 0.25) is 0 Å². The van der Waals surface area contributed by atoms with E-state index in [1.54, 1.807) is 0 Å². The molecule has 1 aromatic carbocycles. The highest BCUT2D eigenvalue weighted by Gasteiger charge is 2.31. The monoisotopic (exact) mass is 367 g/mol. The van der Waals surface area contributed by atoms with Crippen molar-refractivity contribution in [1.29, 1.82) is 0 Å². The van der Waals surface area contributed by atoms with E-state index in [1.807, 2.05) is 36.1 Å². The average Bonchev–Trinajstić information content (AvgIpc) is 2.73. The Kier molecular flexibility index (Phi) is 5.34. The van der Waals surface area contributed by atoms with Crippen molar-refractivity contribution in [3.63, 3.8) is 0 Å². The molecule has 4 rings (SSSR count). The SMILES string of the molecule is Cc1ccc(OCC2CCN(C(=O)C3Cc4ccccc4CO3)CC2)nn1. The van der Waals surface area contributed by atoms with Crippen molar-refractivity contribution in [2.75, 3.05) is 19.7 Å². The molecule has 2 aliphatic rings. The van der Waals surface area contributed by atoms with Crippen molar-refractivity contribution in [2.45, 2.75) is 38.9 Å². The second kappa shape index (κ2) is 8.05. The van der Waals surface area contributed by atoms with E-state index in [2.05, 4.69) is 22.3 Å². The molecule has 27 heavy (non-hydrogen) atoms. The summed E-state index contributed by atoms with van der Waals surface area (Å²) in [7, 11) is 0. The number of aromatic nitrogens is 2. The third-order valence-electron chi connectivity index (χ3n) is 5.41. The number of benzene rings is 1. The molecule has 1 atom stereocenters. The van der Waals surface area contributed by atoms with Gasteiger partial charge in [-0.3, -0.25) is 4.79 Å². The van der Waals surface area contributed by atoms with E-state index in [0.29, 0.717) is 31.4 Å². The molecular formula is C21H25N3O3. The van der Waals surface area contributed by atoms with Crippen LogP contribution in [0.3, 0.4) is 0 Å². The molecule has 3 heterocycles. The molecule has 0 spiro atoms. The van der Waals surface area contributed by atoms with Gasteiger partial charge in [-0.2, -0.15) is 5.10 Å². The van der Waals surface area contributed by atoms with Crippen molar-refractivity contribution in [1.82, 2.24) is 15.1 Å². The normalized spacial score (nSPS) is 20.2. The highest BCUT2D eigenvalue weighted by Crippen LogP contribution is 2.24. The van der Waals surface area contributed by atoms with Crippen LogP contribution in [0.5, 0.6) is 5.88 Å². The Hall–Kier alpha value is -2.47. The van der Waals surface area contributed by atoms with Gasteiger partial charge in [-0.25, -0.2) is 0 Å². The summed E-state index contributed by atoms with van der Waals surface area (Å²) in [4.78, 5) is 14.8. The predicted octanol–water partition coefficient (Wildman–Crippen LogP) is 2.54. The Balaban J connectivity index is 1.25. The van der Waals surface area contributed by atoms with Gasteiger partial charge in [0.25, 0.3) is 5.91 Å². The summed E-state index contributed by atoms with van der Waals surface area (Å²) < 4.78 is 11.6. The fourth-order valence-electron chi connectivity index (χ4n) is 3.70. The maximum Gasteiger partial charge on any atom is 0.252 e. The highest BCUT2D eigenvalue weighted by atomic mass is 16.5. The number of carbonyl (C=O) groups excluding carboxylic acids is 1. The lowest BCUT2D eigenvalue weighted by Crippen LogP contribution is -2.47. The second-order valence-corrected chi connectivity index (χ2v) is 7.37. The first kappa shape index (κ1) is 17.9. The first-order chi connectivity index (χ1) is 13.2. The van der Waals surface area contributed by atoms with Crippen LogP contribution in [0.15, 0.2) is 36.4 Å². The minimum atomic E-state index is -0.351. The number of piperidine rings is 1. The maximum absolute atomic E-state index is 12.8. The Labute approximate surface area is 159 Å². The summed E-state index contributed by atoms with van der Waals surface area (Å²) in [6, 6.07) is 11.9. The minimum Gasteiger partial charge on any atom is -0.476 e. The third-order valence-corrected chi connectivity index (χ3v) is 5.41. The van der Waals surface area contributed by atoms with Gasteiger partial charge in [0.2, 0.25) is 5.88 Å². The predicted molar refractivity (Wildman–Crippen MR) is 100 cm³/mol. The number of carbonyl (C=O) groups is 1. The summed E-state index contributed by atoms with van der Waals surface area (Å²) in [5.41, 5.74) is 3.29. The molecule has 0 saturated carbocycles. The largest absolute Gasteiger partial charge is 0.476 e. The van der Waals surface area contributed by atoms with Crippen molar-refractivity contribution in [3.05, 3.63) is 53.2 Å². The van der Waals surface area contributed by atoms with Crippen LogP contribution in [-0.4, -0.2) is 46.8 Å². The number of hydrogen-bond donors (Lipinski definition) is 0. The van der Waals surface area contributed by atoms with Gasteiger partial charge < -0.3 is 14.4 Å². The molecule has 0 aliphatic carbocycles. The number of fused-ring (bicyclic) bond motifs is 1. The average molecular weight is 367 g/mol. The lowest BCUT2D eigenvalue weighted by Gasteiger charge is -2.35. The number of ether oxygens (including phenoxy) is 2. The summed E-state index contributed by atoms with van der Waals surface area (Å²) in [5.74, 6) is 1.12.